The number of hydrogen-bond donors (Lipinski definition) is 1. The Morgan fingerprint density at radius 3 is 2.63 bits per heavy atom. The molecule has 0 saturated heterocycles. The second-order valence-electron chi connectivity index (χ2n) is 4.38. The quantitative estimate of drug-likeness (QED) is 0.753. The van der Waals surface area contributed by atoms with Crippen LogP contribution in [-0.2, 0) is 0 Å². The minimum Gasteiger partial charge on any atom is -0.383 e. The lowest BCUT2D eigenvalue weighted by molar-refractivity contribution is 0.385. The lowest BCUT2D eigenvalue weighted by Crippen LogP contribution is -2.07. The van der Waals surface area contributed by atoms with Gasteiger partial charge in [0.2, 0.25) is 5.89 Å². The molecule has 1 atom stereocenters. The highest BCUT2D eigenvalue weighted by Crippen LogP contribution is 2.23. The standard InChI is InChI=1S/C13H13N5O/c1-7(13-15-8(2)19-18-13)12-16-10-6-4-3-5-9(10)11(14)17-12/h3-7H,1-2H3,(H2,14,16,17). The predicted molar refractivity (Wildman–Crippen MR) is 70.5 cm³/mol. The second-order valence-corrected chi connectivity index (χ2v) is 4.38. The first-order valence-corrected chi connectivity index (χ1v) is 5.97. The van der Waals surface area contributed by atoms with E-state index >= 15 is 0 Å². The summed E-state index contributed by atoms with van der Waals surface area (Å²) in [4.78, 5) is 13.0. The Morgan fingerprint density at radius 1 is 1.11 bits per heavy atom. The summed E-state index contributed by atoms with van der Waals surface area (Å²) in [6, 6.07) is 7.64. The van der Waals surface area contributed by atoms with Gasteiger partial charge in [-0.3, -0.25) is 0 Å². The number of nitrogens with zero attached hydrogens (tertiary/aromatic N) is 4. The van der Waals surface area contributed by atoms with Gasteiger partial charge in [0.15, 0.2) is 5.82 Å². The molecule has 0 radical (unpaired) electrons. The van der Waals surface area contributed by atoms with Crippen LogP contribution in [0.25, 0.3) is 10.9 Å². The Kier molecular flexibility index (Phi) is 2.63. The Balaban J connectivity index is 2.10. The minimum absolute atomic E-state index is 0.163. The molecule has 1 unspecified atom stereocenters. The van der Waals surface area contributed by atoms with E-state index in [9.17, 15) is 0 Å². The van der Waals surface area contributed by atoms with E-state index < -0.39 is 0 Å². The van der Waals surface area contributed by atoms with Gasteiger partial charge in [0, 0.05) is 12.3 Å². The van der Waals surface area contributed by atoms with Crippen LogP contribution >= 0.6 is 0 Å². The van der Waals surface area contributed by atoms with Crippen LogP contribution < -0.4 is 5.73 Å². The number of rotatable bonds is 2. The first-order valence-electron chi connectivity index (χ1n) is 5.97. The van der Waals surface area contributed by atoms with Gasteiger partial charge < -0.3 is 10.3 Å². The van der Waals surface area contributed by atoms with Crippen molar-refractivity contribution in [3.63, 3.8) is 0 Å². The molecule has 3 aromatic rings. The molecular formula is C13H13N5O. The SMILES string of the molecule is Cc1nc(C(C)c2nc(N)c3ccccc3n2)no1. The van der Waals surface area contributed by atoms with Crippen LogP contribution in [0.3, 0.4) is 0 Å². The van der Waals surface area contributed by atoms with Gasteiger partial charge in [0.1, 0.15) is 11.6 Å². The van der Waals surface area contributed by atoms with Crippen molar-refractivity contribution in [1.82, 2.24) is 20.1 Å². The zero-order valence-corrected chi connectivity index (χ0v) is 10.7. The van der Waals surface area contributed by atoms with Gasteiger partial charge in [0.25, 0.3) is 0 Å². The van der Waals surface area contributed by atoms with Crippen molar-refractivity contribution >= 4 is 16.7 Å². The zero-order chi connectivity index (χ0) is 13.4. The molecule has 6 nitrogen and oxygen atoms in total. The maximum atomic E-state index is 5.96. The molecule has 0 aliphatic rings. The van der Waals surface area contributed by atoms with Crippen molar-refractivity contribution in [2.24, 2.45) is 0 Å². The third-order valence-electron chi connectivity index (χ3n) is 2.97. The Bertz CT molecular complexity index is 737. The summed E-state index contributed by atoms with van der Waals surface area (Å²) >= 11 is 0. The molecule has 1 aromatic carbocycles. The van der Waals surface area contributed by atoms with Crippen LogP contribution in [-0.4, -0.2) is 20.1 Å². The average molecular weight is 255 g/mol. The van der Waals surface area contributed by atoms with Crippen LogP contribution in [0.4, 0.5) is 5.82 Å². The highest BCUT2D eigenvalue weighted by atomic mass is 16.5. The van der Waals surface area contributed by atoms with E-state index in [4.69, 9.17) is 10.3 Å². The molecule has 0 saturated carbocycles. The van der Waals surface area contributed by atoms with Crippen LogP contribution in [0, 0.1) is 6.92 Å². The zero-order valence-electron chi connectivity index (χ0n) is 10.7. The van der Waals surface area contributed by atoms with E-state index in [1.54, 1.807) is 6.92 Å². The molecule has 6 heteroatoms. The highest BCUT2D eigenvalue weighted by Gasteiger charge is 2.18. The summed E-state index contributed by atoms with van der Waals surface area (Å²) < 4.78 is 4.98. The fourth-order valence-corrected chi connectivity index (χ4v) is 1.92. The molecule has 19 heavy (non-hydrogen) atoms. The number of benzene rings is 1. The molecule has 0 spiro atoms. The Labute approximate surface area is 109 Å². The number of aromatic nitrogens is 4. The van der Waals surface area contributed by atoms with E-state index in [2.05, 4.69) is 20.1 Å². The van der Waals surface area contributed by atoms with Crippen molar-refractivity contribution < 1.29 is 4.52 Å². The molecule has 0 aliphatic carbocycles. The molecular weight excluding hydrogens is 242 g/mol. The summed E-state index contributed by atoms with van der Waals surface area (Å²) in [5.41, 5.74) is 6.78. The van der Waals surface area contributed by atoms with Gasteiger partial charge in [-0.05, 0) is 19.1 Å². The third-order valence-corrected chi connectivity index (χ3v) is 2.97. The number of aryl methyl sites for hydroxylation is 1. The summed E-state index contributed by atoms with van der Waals surface area (Å²) in [6.07, 6.45) is 0. The van der Waals surface area contributed by atoms with Gasteiger partial charge in [-0.15, -0.1) is 0 Å². The van der Waals surface area contributed by atoms with Crippen LogP contribution in [0.15, 0.2) is 28.8 Å². The lowest BCUT2D eigenvalue weighted by Gasteiger charge is -2.08. The Hall–Kier alpha value is -2.50. The topological polar surface area (TPSA) is 90.7 Å². The maximum Gasteiger partial charge on any atom is 0.223 e. The van der Waals surface area contributed by atoms with E-state index in [0.29, 0.717) is 23.4 Å². The Morgan fingerprint density at radius 2 is 1.89 bits per heavy atom. The number of hydrogen-bond acceptors (Lipinski definition) is 6. The van der Waals surface area contributed by atoms with Crippen LogP contribution in [0.1, 0.15) is 30.4 Å². The normalized spacial score (nSPS) is 12.7. The minimum atomic E-state index is -0.163. The summed E-state index contributed by atoms with van der Waals surface area (Å²) in [6.45, 7) is 3.67. The van der Waals surface area contributed by atoms with E-state index in [0.717, 1.165) is 10.9 Å². The van der Waals surface area contributed by atoms with E-state index in [-0.39, 0.29) is 5.92 Å². The van der Waals surface area contributed by atoms with Gasteiger partial charge >= 0.3 is 0 Å². The molecule has 0 amide bonds. The molecule has 2 N–H and O–H groups in total. The number of nitrogen functional groups attached to an aromatic ring is 1. The van der Waals surface area contributed by atoms with Gasteiger partial charge in [-0.1, -0.05) is 17.3 Å². The van der Waals surface area contributed by atoms with Gasteiger partial charge in [0.05, 0.1) is 11.4 Å². The number of para-hydroxylation sites is 1. The van der Waals surface area contributed by atoms with Gasteiger partial charge in [-0.2, -0.15) is 4.98 Å². The van der Waals surface area contributed by atoms with Crippen molar-refractivity contribution in [2.45, 2.75) is 19.8 Å². The number of fused-ring (bicyclic) bond motifs is 1. The first-order chi connectivity index (χ1) is 9.15. The van der Waals surface area contributed by atoms with E-state index in [1.165, 1.54) is 0 Å². The number of nitrogens with two attached hydrogens (primary N) is 1. The van der Waals surface area contributed by atoms with Crippen LogP contribution in [0.2, 0.25) is 0 Å². The second kappa shape index (κ2) is 4.31. The molecule has 0 fully saturated rings. The average Bonchev–Trinajstić information content (AvgIpc) is 2.84. The predicted octanol–water partition coefficient (Wildman–Crippen LogP) is 2.06. The fraction of sp³-hybridized carbons (Fsp3) is 0.231. The molecule has 0 bridgehead atoms. The van der Waals surface area contributed by atoms with Crippen molar-refractivity contribution in [1.29, 1.82) is 0 Å². The van der Waals surface area contributed by atoms with Gasteiger partial charge in [-0.25, -0.2) is 9.97 Å². The van der Waals surface area contributed by atoms with Crippen LogP contribution in [0.5, 0.6) is 0 Å². The summed E-state index contributed by atoms with van der Waals surface area (Å²) in [5, 5.41) is 4.74. The molecule has 2 heterocycles. The summed E-state index contributed by atoms with van der Waals surface area (Å²) in [5.74, 6) is 1.98. The highest BCUT2D eigenvalue weighted by molar-refractivity contribution is 5.87. The molecule has 0 aliphatic heterocycles. The largest absolute Gasteiger partial charge is 0.383 e. The summed E-state index contributed by atoms with van der Waals surface area (Å²) in [7, 11) is 0. The monoisotopic (exact) mass is 255 g/mol. The maximum absolute atomic E-state index is 5.96. The van der Waals surface area contributed by atoms with E-state index in [1.807, 2.05) is 31.2 Å². The molecule has 96 valence electrons. The van der Waals surface area contributed by atoms with Crippen molar-refractivity contribution in [3.05, 3.63) is 41.8 Å². The first kappa shape index (κ1) is 11.6. The number of anilines is 1. The fourth-order valence-electron chi connectivity index (χ4n) is 1.92. The molecule has 3 rings (SSSR count). The lowest BCUT2D eigenvalue weighted by atomic mass is 10.1. The third kappa shape index (κ3) is 2.01. The van der Waals surface area contributed by atoms with Crippen molar-refractivity contribution in [3.8, 4) is 0 Å². The smallest absolute Gasteiger partial charge is 0.223 e. The molecule has 2 aromatic heterocycles. The van der Waals surface area contributed by atoms with Crippen molar-refractivity contribution in [2.75, 3.05) is 5.73 Å².